The number of carbonyl (C=O) groups excluding carboxylic acids is 2. The number of amides is 3. The number of imide groups is 1. The van der Waals surface area contributed by atoms with Crippen molar-refractivity contribution in [2.75, 3.05) is 33.2 Å². The molecule has 176 valence electrons. The van der Waals surface area contributed by atoms with Crippen LogP contribution in [0.4, 0.5) is 4.79 Å². The van der Waals surface area contributed by atoms with Gasteiger partial charge in [0.1, 0.15) is 0 Å². The first-order valence-corrected chi connectivity index (χ1v) is 12.1. The highest BCUT2D eigenvalue weighted by molar-refractivity contribution is 6.05. The Hall–Kier alpha value is -2.87. The second kappa shape index (κ2) is 8.48. The first kappa shape index (κ1) is 21.9. The van der Waals surface area contributed by atoms with Gasteiger partial charge in [-0.1, -0.05) is 36.8 Å². The smallest absolute Gasteiger partial charge is 0.307 e. The van der Waals surface area contributed by atoms with Crippen molar-refractivity contribution in [1.29, 1.82) is 0 Å². The molecule has 0 spiro atoms. The van der Waals surface area contributed by atoms with Crippen LogP contribution < -0.4 is 0 Å². The maximum absolute atomic E-state index is 13.7. The molecule has 0 saturated carbocycles. The van der Waals surface area contributed by atoms with Gasteiger partial charge in [-0.15, -0.1) is 0 Å². The zero-order valence-electron chi connectivity index (χ0n) is 20.1. The van der Waals surface area contributed by atoms with Crippen LogP contribution in [0.1, 0.15) is 51.6 Å². The van der Waals surface area contributed by atoms with Gasteiger partial charge in [-0.25, -0.2) is 9.79 Å². The average Bonchev–Trinajstić information content (AvgIpc) is 3.33. The topological polar surface area (TPSA) is 62.7 Å². The first-order chi connectivity index (χ1) is 15.9. The molecule has 33 heavy (non-hydrogen) atoms. The SMILES string of the molecule is CC1=C(C)N2C(=NC3C2C(=O)N(CCN2CCCCC2)C(=O)N3C)N1C(C)c1ccccc1. The average molecular weight is 451 g/mol. The van der Waals surface area contributed by atoms with E-state index in [1.165, 1.54) is 29.7 Å². The van der Waals surface area contributed by atoms with E-state index in [9.17, 15) is 9.59 Å². The minimum absolute atomic E-state index is 0.0661. The van der Waals surface area contributed by atoms with Crippen LogP contribution in [0.5, 0.6) is 0 Å². The summed E-state index contributed by atoms with van der Waals surface area (Å²) in [4.78, 5) is 41.5. The normalized spacial score (nSPS) is 26.7. The van der Waals surface area contributed by atoms with Crippen molar-refractivity contribution in [2.45, 2.75) is 58.3 Å². The standard InChI is InChI=1S/C25H34N6O2/c1-17-18(2)31-21-22(26-24(31)30(17)19(3)20-11-7-5-8-12-20)27(4)25(33)29(23(21)32)16-15-28-13-9-6-10-14-28/h5,7-8,11-12,19,21-22H,6,9-10,13-16H2,1-4H3. The Bertz CT molecular complexity index is 999. The number of nitrogens with zero attached hydrogens (tertiary/aromatic N) is 6. The van der Waals surface area contributed by atoms with Crippen LogP contribution >= 0.6 is 0 Å². The molecule has 8 heteroatoms. The summed E-state index contributed by atoms with van der Waals surface area (Å²) in [7, 11) is 1.77. The lowest BCUT2D eigenvalue weighted by Crippen LogP contribution is -2.65. The number of hydrogen-bond donors (Lipinski definition) is 0. The van der Waals surface area contributed by atoms with Gasteiger partial charge < -0.3 is 14.7 Å². The Balaban J connectivity index is 1.40. The quantitative estimate of drug-likeness (QED) is 0.690. The number of urea groups is 1. The predicted octanol–water partition coefficient (Wildman–Crippen LogP) is 3.06. The molecule has 4 aliphatic rings. The summed E-state index contributed by atoms with van der Waals surface area (Å²) in [6.45, 7) is 9.55. The fourth-order valence-corrected chi connectivity index (χ4v) is 5.61. The molecule has 4 heterocycles. The molecule has 2 fully saturated rings. The van der Waals surface area contributed by atoms with Crippen LogP contribution in [0.25, 0.3) is 0 Å². The number of likely N-dealkylation sites (N-methyl/N-ethyl adjacent to an activating group) is 1. The summed E-state index contributed by atoms with van der Waals surface area (Å²) in [5, 5.41) is 0. The zero-order valence-corrected chi connectivity index (χ0v) is 20.1. The maximum Gasteiger partial charge on any atom is 0.328 e. The van der Waals surface area contributed by atoms with E-state index in [0.717, 1.165) is 37.0 Å². The minimum Gasteiger partial charge on any atom is -0.307 e. The van der Waals surface area contributed by atoms with E-state index >= 15 is 0 Å². The van der Waals surface area contributed by atoms with Gasteiger partial charge in [0, 0.05) is 31.5 Å². The Morgan fingerprint density at radius 3 is 2.39 bits per heavy atom. The number of benzene rings is 1. The molecule has 3 unspecified atom stereocenters. The lowest BCUT2D eigenvalue weighted by Gasteiger charge is -2.41. The molecule has 0 aromatic heterocycles. The molecule has 4 aliphatic heterocycles. The van der Waals surface area contributed by atoms with Crippen molar-refractivity contribution in [3.63, 3.8) is 0 Å². The van der Waals surface area contributed by atoms with Crippen molar-refractivity contribution in [3.8, 4) is 0 Å². The minimum atomic E-state index is -0.507. The molecular formula is C25H34N6O2. The summed E-state index contributed by atoms with van der Waals surface area (Å²) in [5.41, 5.74) is 3.30. The molecule has 0 N–H and O–H groups in total. The summed E-state index contributed by atoms with van der Waals surface area (Å²) in [6, 6.07) is 9.63. The Labute approximate surface area is 196 Å². The fraction of sp³-hybridized carbons (Fsp3) is 0.560. The van der Waals surface area contributed by atoms with Crippen LogP contribution in [-0.4, -0.2) is 87.8 Å². The van der Waals surface area contributed by atoms with E-state index in [-0.39, 0.29) is 18.0 Å². The molecule has 5 rings (SSSR count). The molecule has 2 saturated heterocycles. The molecule has 3 atom stereocenters. The van der Waals surface area contributed by atoms with Crippen molar-refractivity contribution < 1.29 is 9.59 Å². The number of fused-ring (bicyclic) bond motifs is 3. The van der Waals surface area contributed by atoms with Crippen molar-refractivity contribution in [1.82, 2.24) is 24.5 Å². The van der Waals surface area contributed by atoms with Gasteiger partial charge in [0.25, 0.3) is 5.91 Å². The van der Waals surface area contributed by atoms with Crippen LogP contribution in [-0.2, 0) is 4.79 Å². The third-order valence-electron chi connectivity index (χ3n) is 7.69. The Morgan fingerprint density at radius 1 is 1.00 bits per heavy atom. The van der Waals surface area contributed by atoms with Crippen LogP contribution in [0.15, 0.2) is 46.7 Å². The summed E-state index contributed by atoms with van der Waals surface area (Å²) in [6.07, 6.45) is 3.15. The highest BCUT2D eigenvalue weighted by Crippen LogP contribution is 2.41. The largest absolute Gasteiger partial charge is 0.328 e. The van der Waals surface area contributed by atoms with Gasteiger partial charge in [-0.3, -0.25) is 14.6 Å². The number of aliphatic imine (C=N–C) groups is 1. The molecular weight excluding hydrogens is 416 g/mol. The van der Waals surface area contributed by atoms with E-state index in [0.29, 0.717) is 6.54 Å². The van der Waals surface area contributed by atoms with Gasteiger partial charge in [0.2, 0.25) is 5.96 Å². The molecule has 0 bridgehead atoms. The predicted molar refractivity (Wildman–Crippen MR) is 127 cm³/mol. The Morgan fingerprint density at radius 2 is 1.70 bits per heavy atom. The third kappa shape index (κ3) is 3.51. The molecule has 0 aliphatic carbocycles. The number of guanidine groups is 1. The molecule has 8 nitrogen and oxygen atoms in total. The molecule has 3 amide bonds. The monoisotopic (exact) mass is 450 g/mol. The summed E-state index contributed by atoms with van der Waals surface area (Å²) in [5.74, 6) is 0.627. The number of hydrogen-bond acceptors (Lipinski definition) is 6. The van der Waals surface area contributed by atoms with Gasteiger partial charge in [-0.05, 0) is 52.3 Å². The third-order valence-corrected chi connectivity index (χ3v) is 7.69. The molecule has 1 aromatic carbocycles. The lowest BCUT2D eigenvalue weighted by atomic mass is 10.1. The molecule has 1 aromatic rings. The van der Waals surface area contributed by atoms with E-state index in [1.54, 1.807) is 11.9 Å². The van der Waals surface area contributed by atoms with Gasteiger partial charge in [0.15, 0.2) is 12.2 Å². The van der Waals surface area contributed by atoms with E-state index in [1.807, 2.05) is 25.1 Å². The zero-order chi connectivity index (χ0) is 23.3. The van der Waals surface area contributed by atoms with Crippen LogP contribution in [0, 0.1) is 0 Å². The highest BCUT2D eigenvalue weighted by Gasteiger charge is 2.56. The fourth-order valence-electron chi connectivity index (χ4n) is 5.61. The van der Waals surface area contributed by atoms with E-state index in [4.69, 9.17) is 4.99 Å². The second-order valence-corrected chi connectivity index (χ2v) is 9.57. The van der Waals surface area contributed by atoms with E-state index < -0.39 is 12.2 Å². The van der Waals surface area contributed by atoms with Gasteiger partial charge in [-0.2, -0.15) is 0 Å². The van der Waals surface area contributed by atoms with Gasteiger partial charge in [0.05, 0.1) is 6.04 Å². The van der Waals surface area contributed by atoms with Gasteiger partial charge >= 0.3 is 6.03 Å². The second-order valence-electron chi connectivity index (χ2n) is 9.57. The van der Waals surface area contributed by atoms with Crippen molar-refractivity contribution >= 4 is 17.9 Å². The van der Waals surface area contributed by atoms with E-state index in [2.05, 4.69) is 40.7 Å². The lowest BCUT2D eigenvalue weighted by molar-refractivity contribution is -0.137. The van der Waals surface area contributed by atoms with Crippen LogP contribution in [0.2, 0.25) is 0 Å². The maximum atomic E-state index is 13.7. The van der Waals surface area contributed by atoms with Crippen molar-refractivity contribution in [3.05, 3.63) is 47.3 Å². The summed E-state index contributed by atoms with van der Waals surface area (Å²) < 4.78 is 0. The highest BCUT2D eigenvalue weighted by atomic mass is 16.2. The Kier molecular flexibility index (Phi) is 5.64. The number of likely N-dealkylation sites (tertiary alicyclic amines) is 1. The first-order valence-electron chi connectivity index (χ1n) is 12.1. The van der Waals surface area contributed by atoms with Crippen molar-refractivity contribution in [2.24, 2.45) is 4.99 Å². The number of rotatable bonds is 5. The number of piperidine rings is 1. The molecule has 0 radical (unpaired) electrons. The number of allylic oxidation sites excluding steroid dienone is 2. The summed E-state index contributed by atoms with van der Waals surface area (Å²) >= 11 is 0. The number of carbonyl (C=O) groups is 2. The van der Waals surface area contributed by atoms with Crippen LogP contribution in [0.3, 0.4) is 0 Å².